The van der Waals surface area contributed by atoms with Crippen LogP contribution in [-0.2, 0) is 6.42 Å². The quantitative estimate of drug-likeness (QED) is 0.840. The summed E-state index contributed by atoms with van der Waals surface area (Å²) < 4.78 is 1.34. The highest BCUT2D eigenvalue weighted by atomic mass is 79.9. The van der Waals surface area contributed by atoms with Crippen molar-refractivity contribution in [2.75, 3.05) is 0 Å². The molecule has 0 spiro atoms. The summed E-state index contributed by atoms with van der Waals surface area (Å²) in [5.41, 5.74) is 1.60. The standard InChI is InChI=1S/C11H9BrClN3S/c1-2-7-8(12)11(17)16-10(15-7)9-6(13)4-3-5-14-9/h3-5H,2H2,1H3,(H,15,16,17). The molecular weight excluding hydrogens is 322 g/mol. The summed E-state index contributed by atoms with van der Waals surface area (Å²) in [5.74, 6) is 0.598. The molecule has 0 aliphatic rings. The van der Waals surface area contributed by atoms with Crippen LogP contribution in [0.1, 0.15) is 12.6 Å². The van der Waals surface area contributed by atoms with Gasteiger partial charge in [0, 0.05) is 11.9 Å². The molecule has 3 nitrogen and oxygen atoms in total. The molecule has 1 N–H and O–H groups in total. The number of hydrogen-bond donors (Lipinski definition) is 1. The molecule has 0 saturated heterocycles. The molecule has 0 radical (unpaired) electrons. The highest BCUT2D eigenvalue weighted by Crippen LogP contribution is 2.25. The number of H-pyrrole nitrogens is 1. The number of nitrogens with one attached hydrogen (secondary N) is 1. The van der Waals surface area contributed by atoms with Crippen molar-refractivity contribution in [3.8, 4) is 11.5 Å². The zero-order valence-corrected chi connectivity index (χ0v) is 12.2. The minimum Gasteiger partial charge on any atom is -0.341 e. The molecule has 6 heteroatoms. The van der Waals surface area contributed by atoms with E-state index in [1.807, 2.05) is 6.92 Å². The number of rotatable bonds is 2. The van der Waals surface area contributed by atoms with Gasteiger partial charge in [-0.15, -0.1) is 0 Å². The Balaban J connectivity index is 2.66. The second-order valence-corrected chi connectivity index (χ2v) is 4.96. The molecule has 17 heavy (non-hydrogen) atoms. The van der Waals surface area contributed by atoms with Crippen molar-refractivity contribution in [3.63, 3.8) is 0 Å². The predicted octanol–water partition coefficient (Wildman–Crippen LogP) is 4.18. The largest absolute Gasteiger partial charge is 0.341 e. The summed E-state index contributed by atoms with van der Waals surface area (Å²) in [5, 5.41) is 0.551. The topological polar surface area (TPSA) is 41.6 Å². The van der Waals surface area contributed by atoms with Crippen LogP contribution in [0.5, 0.6) is 0 Å². The number of aromatic nitrogens is 3. The Hall–Kier alpha value is -0.780. The fourth-order valence-corrected chi connectivity index (χ4v) is 2.31. The molecule has 2 heterocycles. The molecule has 2 aromatic rings. The van der Waals surface area contributed by atoms with Gasteiger partial charge in [-0.1, -0.05) is 30.7 Å². The van der Waals surface area contributed by atoms with Gasteiger partial charge in [0.05, 0.1) is 9.50 Å². The first-order valence-corrected chi connectivity index (χ1v) is 6.61. The summed E-state index contributed by atoms with van der Waals surface area (Å²) in [7, 11) is 0. The van der Waals surface area contributed by atoms with E-state index < -0.39 is 0 Å². The van der Waals surface area contributed by atoms with Crippen LogP contribution in [0.15, 0.2) is 22.8 Å². The van der Waals surface area contributed by atoms with E-state index in [1.165, 1.54) is 0 Å². The number of pyridine rings is 1. The predicted molar refractivity (Wildman–Crippen MR) is 74.7 cm³/mol. The molecule has 0 fully saturated rings. The van der Waals surface area contributed by atoms with E-state index in [0.29, 0.717) is 21.2 Å². The average molecular weight is 331 g/mol. The van der Waals surface area contributed by atoms with E-state index in [-0.39, 0.29) is 0 Å². The fourth-order valence-electron chi connectivity index (χ4n) is 1.42. The van der Waals surface area contributed by atoms with Crippen molar-refractivity contribution in [2.24, 2.45) is 0 Å². The molecule has 0 saturated carbocycles. The Labute approximate surface area is 117 Å². The van der Waals surface area contributed by atoms with Crippen LogP contribution in [-0.4, -0.2) is 15.0 Å². The third kappa shape index (κ3) is 2.56. The van der Waals surface area contributed by atoms with Crippen LogP contribution in [0.3, 0.4) is 0 Å². The zero-order valence-electron chi connectivity index (χ0n) is 9.00. The minimum atomic E-state index is 0.511. The van der Waals surface area contributed by atoms with Gasteiger partial charge in [-0.05, 0) is 34.5 Å². The summed E-state index contributed by atoms with van der Waals surface area (Å²) >= 11 is 14.7. The normalized spacial score (nSPS) is 10.5. The number of aromatic amines is 1. The summed E-state index contributed by atoms with van der Waals surface area (Å²) in [4.78, 5) is 11.7. The molecule has 2 aromatic heterocycles. The monoisotopic (exact) mass is 329 g/mol. The van der Waals surface area contributed by atoms with E-state index in [4.69, 9.17) is 23.8 Å². The third-order valence-electron chi connectivity index (χ3n) is 2.27. The fraction of sp³-hybridized carbons (Fsp3) is 0.182. The average Bonchev–Trinajstić information content (AvgIpc) is 2.33. The first kappa shape index (κ1) is 12.7. The Morgan fingerprint density at radius 1 is 1.53 bits per heavy atom. The van der Waals surface area contributed by atoms with Crippen molar-refractivity contribution >= 4 is 39.7 Å². The van der Waals surface area contributed by atoms with Crippen molar-refractivity contribution < 1.29 is 0 Å². The van der Waals surface area contributed by atoms with Crippen LogP contribution in [0.4, 0.5) is 0 Å². The lowest BCUT2D eigenvalue weighted by Crippen LogP contribution is -1.99. The summed E-state index contributed by atoms with van der Waals surface area (Å²) in [6.45, 7) is 2.04. The molecule has 88 valence electrons. The second-order valence-electron chi connectivity index (χ2n) is 3.37. The van der Waals surface area contributed by atoms with Crippen LogP contribution in [0, 0.1) is 4.64 Å². The van der Waals surface area contributed by atoms with Gasteiger partial charge < -0.3 is 4.98 Å². The van der Waals surface area contributed by atoms with Gasteiger partial charge in [0.25, 0.3) is 0 Å². The van der Waals surface area contributed by atoms with Crippen LogP contribution in [0.2, 0.25) is 5.02 Å². The van der Waals surface area contributed by atoms with Crippen molar-refractivity contribution in [1.29, 1.82) is 0 Å². The molecule has 0 atom stereocenters. The Kier molecular flexibility index (Phi) is 3.91. The van der Waals surface area contributed by atoms with Gasteiger partial charge in [0.15, 0.2) is 5.82 Å². The summed E-state index contributed by atoms with van der Waals surface area (Å²) in [6.07, 6.45) is 2.50. The lowest BCUT2D eigenvalue weighted by atomic mass is 10.3. The molecule has 0 aliphatic carbocycles. The number of aryl methyl sites for hydroxylation is 1. The van der Waals surface area contributed by atoms with E-state index in [1.54, 1.807) is 18.3 Å². The maximum Gasteiger partial charge on any atom is 0.159 e. The van der Waals surface area contributed by atoms with Gasteiger partial charge in [-0.25, -0.2) is 4.98 Å². The number of halogens is 2. The Morgan fingerprint density at radius 2 is 2.29 bits per heavy atom. The molecule has 0 aliphatic heterocycles. The zero-order chi connectivity index (χ0) is 12.4. The molecule has 0 unspecified atom stereocenters. The van der Waals surface area contributed by atoms with Crippen molar-refractivity contribution in [2.45, 2.75) is 13.3 Å². The van der Waals surface area contributed by atoms with E-state index in [2.05, 4.69) is 30.9 Å². The Morgan fingerprint density at radius 3 is 2.94 bits per heavy atom. The van der Waals surface area contributed by atoms with Crippen LogP contribution < -0.4 is 0 Å². The number of hydrogen-bond acceptors (Lipinski definition) is 3. The highest BCUT2D eigenvalue weighted by molar-refractivity contribution is 9.10. The highest BCUT2D eigenvalue weighted by Gasteiger charge is 2.10. The maximum absolute atomic E-state index is 6.08. The molecule has 0 amide bonds. The molecule has 0 bridgehead atoms. The van der Waals surface area contributed by atoms with Gasteiger partial charge in [0.1, 0.15) is 10.3 Å². The van der Waals surface area contributed by atoms with E-state index in [0.717, 1.165) is 16.6 Å². The van der Waals surface area contributed by atoms with Crippen molar-refractivity contribution in [3.05, 3.63) is 38.2 Å². The van der Waals surface area contributed by atoms with Gasteiger partial charge in [-0.3, -0.25) is 4.98 Å². The smallest absolute Gasteiger partial charge is 0.159 e. The lowest BCUT2D eigenvalue weighted by Gasteiger charge is -2.07. The van der Waals surface area contributed by atoms with Crippen LogP contribution >= 0.6 is 39.7 Å². The maximum atomic E-state index is 6.08. The molecular formula is C11H9BrClN3S. The Bertz CT molecular complexity index is 612. The van der Waals surface area contributed by atoms with E-state index >= 15 is 0 Å². The lowest BCUT2D eigenvalue weighted by molar-refractivity contribution is 0.977. The third-order valence-corrected chi connectivity index (χ3v) is 3.99. The SMILES string of the molecule is CCc1[nH]c(-c2ncccc2Cl)nc(=S)c1Br. The number of nitrogens with zero attached hydrogens (tertiary/aromatic N) is 2. The van der Waals surface area contributed by atoms with Gasteiger partial charge in [-0.2, -0.15) is 0 Å². The van der Waals surface area contributed by atoms with Crippen molar-refractivity contribution in [1.82, 2.24) is 15.0 Å². The summed E-state index contributed by atoms with van der Waals surface area (Å²) in [6, 6.07) is 3.55. The minimum absolute atomic E-state index is 0.511. The first-order chi connectivity index (χ1) is 8.13. The van der Waals surface area contributed by atoms with Crippen LogP contribution in [0.25, 0.3) is 11.5 Å². The van der Waals surface area contributed by atoms with Gasteiger partial charge >= 0.3 is 0 Å². The van der Waals surface area contributed by atoms with Gasteiger partial charge in [0.2, 0.25) is 0 Å². The molecule has 0 aromatic carbocycles. The first-order valence-electron chi connectivity index (χ1n) is 5.03. The van der Waals surface area contributed by atoms with E-state index in [9.17, 15) is 0 Å². The second kappa shape index (κ2) is 5.25. The molecule has 2 rings (SSSR count).